The number of fused-ring (bicyclic) bond motifs is 1. The number of nitrogens with one attached hydrogen (secondary N) is 2. The highest BCUT2D eigenvalue weighted by Gasteiger charge is 2.26. The van der Waals surface area contributed by atoms with Crippen LogP contribution in [0.25, 0.3) is 0 Å². The number of benzene rings is 1. The van der Waals surface area contributed by atoms with Gasteiger partial charge in [0.25, 0.3) is 0 Å². The molecule has 0 aliphatic carbocycles. The fourth-order valence-electron chi connectivity index (χ4n) is 2.51. The Balaban J connectivity index is 1.66. The second-order valence-electron chi connectivity index (χ2n) is 5.17. The van der Waals surface area contributed by atoms with E-state index in [2.05, 4.69) is 22.5 Å². The number of carbonyl (C=O) groups excluding carboxylic acids is 2. The number of para-hydroxylation sites is 1. The molecular formula is C16H17N3O2S2. The quantitative estimate of drug-likeness (QED) is 0.816. The second-order valence-corrected chi connectivity index (χ2v) is 7.54. The number of amides is 2. The number of hydrogen-bond acceptors (Lipinski definition) is 5. The summed E-state index contributed by atoms with van der Waals surface area (Å²) in [5, 5.41) is 7.70. The van der Waals surface area contributed by atoms with Crippen molar-refractivity contribution < 1.29 is 9.59 Å². The van der Waals surface area contributed by atoms with Crippen molar-refractivity contribution in [2.24, 2.45) is 0 Å². The zero-order chi connectivity index (χ0) is 16.2. The molecule has 0 saturated carbocycles. The third-order valence-electron chi connectivity index (χ3n) is 3.48. The summed E-state index contributed by atoms with van der Waals surface area (Å²) in [6.07, 6.45) is 0.498. The van der Waals surface area contributed by atoms with Crippen LogP contribution in [0.5, 0.6) is 0 Å². The molecule has 1 aromatic carbocycles. The molecule has 120 valence electrons. The van der Waals surface area contributed by atoms with Crippen LogP contribution in [0, 0.1) is 0 Å². The molecule has 0 saturated heterocycles. The number of aromatic nitrogens is 1. The molecule has 1 aliphatic rings. The average molecular weight is 347 g/mol. The van der Waals surface area contributed by atoms with Crippen LogP contribution in [0.1, 0.15) is 30.6 Å². The number of hydrogen-bond donors (Lipinski definition) is 2. The topological polar surface area (TPSA) is 71.1 Å². The summed E-state index contributed by atoms with van der Waals surface area (Å²) in [6.45, 7) is 2.07. The smallest absolute Gasteiger partial charge is 0.226 e. The van der Waals surface area contributed by atoms with Crippen molar-refractivity contribution in [2.75, 3.05) is 11.1 Å². The highest BCUT2D eigenvalue weighted by Crippen LogP contribution is 2.30. The van der Waals surface area contributed by atoms with Crippen molar-refractivity contribution >= 4 is 40.6 Å². The van der Waals surface area contributed by atoms with Crippen molar-refractivity contribution in [3.63, 3.8) is 0 Å². The molecule has 1 aromatic heterocycles. The van der Waals surface area contributed by atoms with Gasteiger partial charge in [-0.1, -0.05) is 36.9 Å². The number of carbonyl (C=O) groups is 2. The Kier molecular flexibility index (Phi) is 4.97. The number of rotatable bonds is 5. The zero-order valence-corrected chi connectivity index (χ0v) is 14.3. The predicted molar refractivity (Wildman–Crippen MR) is 92.8 cm³/mol. The van der Waals surface area contributed by atoms with E-state index >= 15 is 0 Å². The molecule has 2 heterocycles. The molecule has 3 rings (SSSR count). The molecule has 0 radical (unpaired) electrons. The standard InChI is InChI=1S/C16H17N3O2S2/c1-2-22-16-17-10(9-23-16)7-14(20)19-13-8-15(21)18-12-6-4-3-5-11(12)13/h3-6,9,13H,2,7-8H2,1H3,(H,18,21)(H,19,20)/t13-/m1/s1. The van der Waals surface area contributed by atoms with Gasteiger partial charge in [0.2, 0.25) is 11.8 Å². The lowest BCUT2D eigenvalue weighted by Gasteiger charge is -2.26. The average Bonchev–Trinajstić information content (AvgIpc) is 2.94. The van der Waals surface area contributed by atoms with E-state index in [1.165, 1.54) is 0 Å². The molecule has 0 unspecified atom stereocenters. The SMILES string of the molecule is CCSc1nc(CC(=O)N[C@@H]2CC(=O)Nc3ccccc32)cs1. The molecule has 2 amide bonds. The maximum absolute atomic E-state index is 12.3. The first-order valence-corrected chi connectivity index (χ1v) is 9.27. The van der Waals surface area contributed by atoms with Crippen LogP contribution < -0.4 is 10.6 Å². The fourth-order valence-corrected chi connectivity index (χ4v) is 4.25. The minimum Gasteiger partial charge on any atom is -0.348 e. The van der Waals surface area contributed by atoms with Crippen molar-refractivity contribution in [1.29, 1.82) is 0 Å². The summed E-state index contributed by atoms with van der Waals surface area (Å²) in [4.78, 5) is 28.5. The normalized spacial score (nSPS) is 16.6. The molecule has 23 heavy (non-hydrogen) atoms. The maximum Gasteiger partial charge on any atom is 0.226 e. The van der Waals surface area contributed by atoms with Crippen LogP contribution in [-0.4, -0.2) is 22.6 Å². The van der Waals surface area contributed by atoms with Crippen LogP contribution in [-0.2, 0) is 16.0 Å². The highest BCUT2D eigenvalue weighted by atomic mass is 32.2. The van der Waals surface area contributed by atoms with Gasteiger partial charge in [0.1, 0.15) is 4.34 Å². The summed E-state index contributed by atoms with van der Waals surface area (Å²) in [5.74, 6) is 0.773. The van der Waals surface area contributed by atoms with E-state index in [1.807, 2.05) is 29.6 Å². The highest BCUT2D eigenvalue weighted by molar-refractivity contribution is 8.00. The van der Waals surface area contributed by atoms with Gasteiger partial charge in [0.05, 0.1) is 24.6 Å². The Hall–Kier alpha value is -1.86. The van der Waals surface area contributed by atoms with Gasteiger partial charge < -0.3 is 10.6 Å². The monoisotopic (exact) mass is 347 g/mol. The first kappa shape index (κ1) is 16.0. The number of anilines is 1. The maximum atomic E-state index is 12.3. The van der Waals surface area contributed by atoms with E-state index in [-0.39, 0.29) is 30.7 Å². The summed E-state index contributed by atoms with van der Waals surface area (Å²) >= 11 is 3.23. The molecule has 2 N–H and O–H groups in total. The van der Waals surface area contributed by atoms with Crippen molar-refractivity contribution in [3.8, 4) is 0 Å². The van der Waals surface area contributed by atoms with Crippen LogP contribution in [0.15, 0.2) is 34.0 Å². The lowest BCUT2D eigenvalue weighted by atomic mass is 9.97. The molecule has 0 fully saturated rings. The first-order chi connectivity index (χ1) is 11.2. The van der Waals surface area contributed by atoms with E-state index in [4.69, 9.17) is 0 Å². The van der Waals surface area contributed by atoms with Gasteiger partial charge in [-0.3, -0.25) is 9.59 Å². The zero-order valence-electron chi connectivity index (χ0n) is 12.7. The van der Waals surface area contributed by atoms with E-state index in [1.54, 1.807) is 23.1 Å². The Labute approximate surface area is 142 Å². The van der Waals surface area contributed by atoms with Gasteiger partial charge in [-0.15, -0.1) is 11.3 Å². The van der Waals surface area contributed by atoms with Gasteiger partial charge in [0.15, 0.2) is 0 Å². The van der Waals surface area contributed by atoms with Gasteiger partial charge in [-0.25, -0.2) is 4.98 Å². The summed E-state index contributed by atoms with van der Waals surface area (Å²) in [6, 6.07) is 7.27. The minimum absolute atomic E-state index is 0.0794. The molecule has 7 heteroatoms. The van der Waals surface area contributed by atoms with E-state index in [0.29, 0.717) is 0 Å². The molecule has 0 spiro atoms. The van der Waals surface area contributed by atoms with Gasteiger partial charge >= 0.3 is 0 Å². The third kappa shape index (κ3) is 3.92. The number of thiazole rings is 1. The van der Waals surface area contributed by atoms with Crippen LogP contribution in [0.2, 0.25) is 0 Å². The Morgan fingerprint density at radius 2 is 2.30 bits per heavy atom. The molecule has 2 aromatic rings. The largest absolute Gasteiger partial charge is 0.348 e. The molecule has 0 bridgehead atoms. The fraction of sp³-hybridized carbons (Fsp3) is 0.312. The second kappa shape index (κ2) is 7.14. The van der Waals surface area contributed by atoms with Crippen LogP contribution >= 0.6 is 23.1 Å². The Bertz CT molecular complexity index is 730. The van der Waals surface area contributed by atoms with Crippen LogP contribution in [0.3, 0.4) is 0 Å². The number of thioether (sulfide) groups is 1. The van der Waals surface area contributed by atoms with E-state index in [0.717, 1.165) is 27.0 Å². The summed E-state index contributed by atoms with van der Waals surface area (Å²) < 4.78 is 0.984. The molecule has 1 atom stereocenters. The Morgan fingerprint density at radius 1 is 1.48 bits per heavy atom. The van der Waals surface area contributed by atoms with Crippen molar-refractivity contribution in [2.45, 2.75) is 30.1 Å². The molecular weight excluding hydrogens is 330 g/mol. The van der Waals surface area contributed by atoms with Gasteiger partial charge in [-0.2, -0.15) is 0 Å². The van der Waals surface area contributed by atoms with Crippen molar-refractivity contribution in [1.82, 2.24) is 10.3 Å². The minimum atomic E-state index is -0.282. The molecule has 1 aliphatic heterocycles. The molecule has 5 nitrogen and oxygen atoms in total. The lowest BCUT2D eigenvalue weighted by Crippen LogP contribution is -2.35. The van der Waals surface area contributed by atoms with Crippen LogP contribution in [0.4, 0.5) is 5.69 Å². The Morgan fingerprint density at radius 3 is 3.13 bits per heavy atom. The van der Waals surface area contributed by atoms with Gasteiger partial charge in [0, 0.05) is 11.1 Å². The van der Waals surface area contributed by atoms with Crippen molar-refractivity contribution in [3.05, 3.63) is 40.9 Å². The first-order valence-electron chi connectivity index (χ1n) is 7.41. The van der Waals surface area contributed by atoms with E-state index in [9.17, 15) is 9.59 Å². The summed E-state index contributed by atoms with van der Waals surface area (Å²) in [5.41, 5.74) is 2.49. The third-order valence-corrected chi connectivity index (χ3v) is 5.43. The summed E-state index contributed by atoms with van der Waals surface area (Å²) in [7, 11) is 0. The lowest BCUT2D eigenvalue weighted by molar-refractivity contribution is -0.122. The number of nitrogens with zero attached hydrogens (tertiary/aromatic N) is 1. The van der Waals surface area contributed by atoms with E-state index < -0.39 is 0 Å². The predicted octanol–water partition coefficient (Wildman–Crippen LogP) is 3.00. The van der Waals surface area contributed by atoms with Gasteiger partial charge in [-0.05, 0) is 17.4 Å².